The van der Waals surface area contributed by atoms with Gasteiger partial charge < -0.3 is 14.8 Å². The molecule has 2 atom stereocenters. The summed E-state index contributed by atoms with van der Waals surface area (Å²) in [6.07, 6.45) is 1.79. The lowest BCUT2D eigenvalue weighted by molar-refractivity contribution is -0.139. The molecule has 2 aromatic carbocycles. The Labute approximate surface area is 182 Å². The Kier molecular flexibility index (Phi) is 7.00. The van der Waals surface area contributed by atoms with Crippen LogP contribution in [0, 0.1) is 11.8 Å². The van der Waals surface area contributed by atoms with Crippen LogP contribution in [-0.4, -0.2) is 43.7 Å². The van der Waals surface area contributed by atoms with Crippen LogP contribution in [0.1, 0.15) is 24.2 Å². The molecule has 1 aliphatic heterocycles. The number of fused-ring (bicyclic) bond motifs is 1. The van der Waals surface area contributed by atoms with Gasteiger partial charge in [-0.25, -0.2) is 4.98 Å². The predicted molar refractivity (Wildman–Crippen MR) is 119 cm³/mol. The van der Waals surface area contributed by atoms with E-state index >= 15 is 0 Å². The van der Waals surface area contributed by atoms with E-state index in [1.54, 1.807) is 6.07 Å². The highest BCUT2D eigenvalue weighted by molar-refractivity contribution is 5.85. The van der Waals surface area contributed by atoms with Crippen LogP contribution in [0.4, 0.5) is 0 Å². The third-order valence-electron chi connectivity index (χ3n) is 6.12. The van der Waals surface area contributed by atoms with Crippen molar-refractivity contribution in [1.29, 1.82) is 0 Å². The summed E-state index contributed by atoms with van der Waals surface area (Å²) in [5, 5.41) is 19.5. The topological polar surface area (TPSA) is 78.6 Å². The number of nitrogens with zero attached hydrogens (tertiary/aromatic N) is 3. The molecule has 160 valence electrons. The zero-order valence-corrected chi connectivity index (χ0v) is 17.9. The van der Waals surface area contributed by atoms with E-state index in [9.17, 15) is 15.0 Å². The number of carboxylic acids is 1. The van der Waals surface area contributed by atoms with Gasteiger partial charge in [0.1, 0.15) is 11.6 Å². The summed E-state index contributed by atoms with van der Waals surface area (Å²) in [6.45, 7) is 2.31. The van der Waals surface area contributed by atoms with Gasteiger partial charge in [-0.1, -0.05) is 30.3 Å². The highest BCUT2D eigenvalue weighted by Crippen LogP contribution is 2.31. The van der Waals surface area contributed by atoms with Gasteiger partial charge in [0.15, 0.2) is 0 Å². The number of phenolic OH excluding ortho intramolecular Hbond substituents is 1. The maximum Gasteiger partial charge on any atom is 0.303 e. The predicted octanol–water partition coefficient (Wildman–Crippen LogP) is 3.86. The van der Waals surface area contributed by atoms with Crippen molar-refractivity contribution in [3.63, 3.8) is 0 Å². The van der Waals surface area contributed by atoms with Crippen LogP contribution in [0.5, 0.6) is 5.75 Å². The third kappa shape index (κ3) is 4.77. The molecule has 2 heterocycles. The van der Waals surface area contributed by atoms with Crippen LogP contribution in [0.2, 0.25) is 0 Å². The number of para-hydroxylation sites is 3. The number of aryl methyl sites for hydroxylation is 1. The number of phenols is 1. The maximum atomic E-state index is 11.4. The number of likely N-dealkylation sites (tertiary alicyclic amines) is 1. The van der Waals surface area contributed by atoms with Crippen LogP contribution in [0.15, 0.2) is 48.5 Å². The molecule has 6 nitrogen and oxygen atoms in total. The molecule has 1 saturated heterocycles. The Morgan fingerprint density at radius 3 is 2.60 bits per heavy atom. The molecule has 1 aromatic heterocycles. The van der Waals surface area contributed by atoms with E-state index in [-0.39, 0.29) is 30.7 Å². The molecule has 0 radical (unpaired) electrons. The first-order valence-electron chi connectivity index (χ1n) is 10.1. The number of imidazole rings is 1. The van der Waals surface area contributed by atoms with Gasteiger partial charge in [0.25, 0.3) is 0 Å². The highest BCUT2D eigenvalue weighted by Gasteiger charge is 2.32. The van der Waals surface area contributed by atoms with E-state index in [1.807, 2.05) is 43.4 Å². The fourth-order valence-corrected chi connectivity index (χ4v) is 4.52. The summed E-state index contributed by atoms with van der Waals surface area (Å²) in [5.74, 6) is 0.913. The van der Waals surface area contributed by atoms with Crippen LogP contribution in [0.25, 0.3) is 11.0 Å². The number of aliphatic carboxylic acids is 1. The Morgan fingerprint density at radius 2 is 1.87 bits per heavy atom. The summed E-state index contributed by atoms with van der Waals surface area (Å²) < 4.78 is 2.12. The average molecular weight is 430 g/mol. The Bertz CT molecular complexity index is 1020. The number of hydrogen-bond acceptors (Lipinski definition) is 4. The summed E-state index contributed by atoms with van der Waals surface area (Å²) in [4.78, 5) is 18.5. The van der Waals surface area contributed by atoms with Gasteiger partial charge >= 0.3 is 5.97 Å². The minimum atomic E-state index is -0.737. The van der Waals surface area contributed by atoms with Crippen molar-refractivity contribution in [3.8, 4) is 5.75 Å². The van der Waals surface area contributed by atoms with Crippen LogP contribution in [-0.2, 0) is 24.8 Å². The van der Waals surface area contributed by atoms with Crippen LogP contribution < -0.4 is 0 Å². The van der Waals surface area contributed by atoms with E-state index < -0.39 is 5.97 Å². The lowest BCUT2D eigenvalue weighted by Crippen LogP contribution is -2.42. The molecule has 1 aliphatic rings. The number of carbonyl (C=O) groups is 1. The summed E-state index contributed by atoms with van der Waals surface area (Å²) in [7, 11) is 2.03. The van der Waals surface area contributed by atoms with E-state index in [2.05, 4.69) is 15.5 Å². The fourth-order valence-electron chi connectivity index (χ4n) is 4.52. The number of benzene rings is 2. The van der Waals surface area contributed by atoms with Gasteiger partial charge in [-0.05, 0) is 43.0 Å². The summed E-state index contributed by atoms with van der Waals surface area (Å²) >= 11 is 0. The maximum absolute atomic E-state index is 11.4. The van der Waals surface area contributed by atoms with Crippen molar-refractivity contribution in [1.82, 2.24) is 14.5 Å². The zero-order valence-electron chi connectivity index (χ0n) is 17.1. The average Bonchev–Trinajstić information content (AvgIpc) is 3.01. The molecule has 4 rings (SSSR count). The number of aromatic hydroxyl groups is 1. The Morgan fingerprint density at radius 1 is 1.13 bits per heavy atom. The van der Waals surface area contributed by atoms with Gasteiger partial charge in [0.2, 0.25) is 0 Å². The Hall–Kier alpha value is -2.57. The highest BCUT2D eigenvalue weighted by atomic mass is 35.5. The van der Waals surface area contributed by atoms with Gasteiger partial charge in [0, 0.05) is 38.5 Å². The van der Waals surface area contributed by atoms with E-state index in [0.717, 1.165) is 48.4 Å². The van der Waals surface area contributed by atoms with Crippen molar-refractivity contribution < 1.29 is 15.0 Å². The molecule has 0 bridgehead atoms. The first kappa shape index (κ1) is 22.1. The molecule has 3 aromatic rings. The Balaban J connectivity index is 0.00000256. The third-order valence-corrected chi connectivity index (χ3v) is 6.12. The first-order valence-corrected chi connectivity index (χ1v) is 10.1. The molecule has 30 heavy (non-hydrogen) atoms. The molecular weight excluding hydrogens is 402 g/mol. The lowest BCUT2D eigenvalue weighted by atomic mass is 9.81. The largest absolute Gasteiger partial charge is 0.508 e. The molecule has 7 heteroatoms. The van der Waals surface area contributed by atoms with Gasteiger partial charge in [-0.15, -0.1) is 12.4 Å². The molecule has 0 unspecified atom stereocenters. The number of piperidine rings is 1. The fraction of sp³-hybridized carbons (Fsp3) is 0.391. The monoisotopic (exact) mass is 429 g/mol. The molecule has 2 N–H and O–H groups in total. The number of rotatable bonds is 6. The summed E-state index contributed by atoms with van der Waals surface area (Å²) in [6, 6.07) is 15.5. The SMILES string of the molecule is Cl.Cn1c(C[C@H]2CN(Cc3ccccc3O)CC[C@H]2CC(=O)O)nc2ccccc21. The smallest absolute Gasteiger partial charge is 0.303 e. The second-order valence-electron chi connectivity index (χ2n) is 8.05. The lowest BCUT2D eigenvalue weighted by Gasteiger charge is -2.38. The number of halogens is 1. The standard InChI is InChI=1S/C23H27N3O3.ClH/c1-25-20-8-4-3-7-19(20)24-22(25)12-18-15-26(11-10-16(18)13-23(28)29)14-17-6-2-5-9-21(17)27;/h2-9,16,18,27H,10-15H2,1H3,(H,28,29);1H/t16-,18-;/m0./s1. The minimum Gasteiger partial charge on any atom is -0.508 e. The van der Waals surface area contributed by atoms with E-state index in [0.29, 0.717) is 12.3 Å². The van der Waals surface area contributed by atoms with Crippen LogP contribution >= 0.6 is 12.4 Å². The minimum absolute atomic E-state index is 0. The van der Waals surface area contributed by atoms with Crippen molar-refractivity contribution in [3.05, 3.63) is 59.9 Å². The normalized spacial score (nSPS) is 19.5. The van der Waals surface area contributed by atoms with E-state index in [1.165, 1.54) is 0 Å². The number of aromatic nitrogens is 2. The quantitative estimate of drug-likeness (QED) is 0.622. The van der Waals surface area contributed by atoms with Gasteiger partial charge in [-0.3, -0.25) is 9.69 Å². The van der Waals surface area contributed by atoms with Crippen molar-refractivity contribution in [2.24, 2.45) is 18.9 Å². The van der Waals surface area contributed by atoms with Gasteiger partial charge in [0.05, 0.1) is 11.0 Å². The van der Waals surface area contributed by atoms with Gasteiger partial charge in [-0.2, -0.15) is 0 Å². The molecule has 1 fully saturated rings. The van der Waals surface area contributed by atoms with Crippen molar-refractivity contribution in [2.75, 3.05) is 13.1 Å². The van der Waals surface area contributed by atoms with Crippen molar-refractivity contribution in [2.45, 2.75) is 25.8 Å². The first-order chi connectivity index (χ1) is 14.0. The number of carboxylic acid groups (broad SMARTS) is 1. The van der Waals surface area contributed by atoms with Crippen molar-refractivity contribution >= 4 is 29.4 Å². The molecular formula is C23H28ClN3O3. The molecule has 0 aliphatic carbocycles. The van der Waals surface area contributed by atoms with Crippen LogP contribution in [0.3, 0.4) is 0 Å². The second-order valence-corrected chi connectivity index (χ2v) is 8.05. The molecule has 0 saturated carbocycles. The van der Waals surface area contributed by atoms with E-state index in [4.69, 9.17) is 4.98 Å². The molecule has 0 spiro atoms. The zero-order chi connectivity index (χ0) is 20.4. The molecule has 0 amide bonds. The second kappa shape index (κ2) is 9.49. The number of hydrogen-bond donors (Lipinski definition) is 2. The summed E-state index contributed by atoms with van der Waals surface area (Å²) in [5.41, 5.74) is 2.98.